The van der Waals surface area contributed by atoms with Gasteiger partial charge in [0.2, 0.25) is 0 Å². The number of benzene rings is 1. The Balaban J connectivity index is 2.38. The van der Waals surface area contributed by atoms with Gasteiger partial charge in [-0.25, -0.2) is 0 Å². The minimum absolute atomic E-state index is 0.447. The zero-order chi connectivity index (χ0) is 11.1. The van der Waals surface area contributed by atoms with E-state index in [2.05, 4.69) is 26.6 Å². The number of halogens is 1. The van der Waals surface area contributed by atoms with Crippen molar-refractivity contribution in [3.05, 3.63) is 28.7 Å². The van der Waals surface area contributed by atoms with E-state index in [4.69, 9.17) is 17.5 Å². The highest BCUT2D eigenvalue weighted by Gasteiger charge is 1.96. The monoisotopic (exact) mass is 283 g/mol. The standard InChI is InChI=1S/C10H10BrN3S/c11-8-2-4-9(5-3-8)14-10(15)13-7-1-6-12/h2-5H,1,7H2,(H2,13,14,15). The number of anilines is 1. The van der Waals surface area contributed by atoms with Gasteiger partial charge in [0.15, 0.2) is 5.11 Å². The van der Waals surface area contributed by atoms with Crippen molar-refractivity contribution in [1.29, 1.82) is 5.26 Å². The van der Waals surface area contributed by atoms with Crippen molar-refractivity contribution in [1.82, 2.24) is 5.32 Å². The predicted molar refractivity (Wildman–Crippen MR) is 68.6 cm³/mol. The molecule has 15 heavy (non-hydrogen) atoms. The van der Waals surface area contributed by atoms with E-state index in [-0.39, 0.29) is 0 Å². The molecule has 0 saturated carbocycles. The fourth-order valence-electron chi connectivity index (χ4n) is 0.940. The third-order valence-corrected chi connectivity index (χ3v) is 2.40. The van der Waals surface area contributed by atoms with Gasteiger partial charge in [0.25, 0.3) is 0 Å². The van der Waals surface area contributed by atoms with Gasteiger partial charge >= 0.3 is 0 Å². The molecule has 2 N–H and O–H groups in total. The first-order valence-electron chi connectivity index (χ1n) is 4.40. The minimum atomic E-state index is 0.447. The Kier molecular flexibility index (Phi) is 5.08. The molecule has 0 radical (unpaired) electrons. The summed E-state index contributed by atoms with van der Waals surface area (Å²) in [5.41, 5.74) is 0.924. The van der Waals surface area contributed by atoms with E-state index in [9.17, 15) is 0 Å². The van der Waals surface area contributed by atoms with Crippen LogP contribution < -0.4 is 10.6 Å². The lowest BCUT2D eigenvalue weighted by Crippen LogP contribution is -2.28. The molecule has 0 heterocycles. The number of nitrogens with one attached hydrogen (secondary N) is 2. The fraction of sp³-hybridized carbons (Fsp3) is 0.200. The summed E-state index contributed by atoms with van der Waals surface area (Å²) >= 11 is 8.39. The molecule has 0 unspecified atom stereocenters. The number of hydrogen-bond acceptors (Lipinski definition) is 2. The first-order valence-corrected chi connectivity index (χ1v) is 5.60. The summed E-state index contributed by atoms with van der Waals surface area (Å²) in [6.45, 7) is 0.568. The second kappa shape index (κ2) is 6.38. The average molecular weight is 284 g/mol. The number of nitrogens with zero attached hydrogens (tertiary/aromatic N) is 1. The van der Waals surface area contributed by atoms with Crippen molar-refractivity contribution in [3.63, 3.8) is 0 Å². The molecule has 0 bridgehead atoms. The summed E-state index contributed by atoms with van der Waals surface area (Å²) in [5, 5.41) is 14.8. The highest BCUT2D eigenvalue weighted by Crippen LogP contribution is 2.13. The van der Waals surface area contributed by atoms with Gasteiger partial charge in [-0.1, -0.05) is 15.9 Å². The quantitative estimate of drug-likeness (QED) is 0.661. The van der Waals surface area contributed by atoms with Gasteiger partial charge in [-0.3, -0.25) is 0 Å². The van der Waals surface area contributed by atoms with Gasteiger partial charge < -0.3 is 10.6 Å². The number of rotatable bonds is 3. The Morgan fingerprint density at radius 3 is 2.67 bits per heavy atom. The van der Waals surface area contributed by atoms with Crippen LogP contribution in [0.2, 0.25) is 0 Å². The Bertz CT molecular complexity index is 369. The maximum absolute atomic E-state index is 8.34. The molecule has 0 amide bonds. The molecule has 3 nitrogen and oxygen atoms in total. The Morgan fingerprint density at radius 2 is 2.07 bits per heavy atom. The first-order chi connectivity index (χ1) is 7.22. The minimum Gasteiger partial charge on any atom is -0.361 e. The zero-order valence-corrected chi connectivity index (χ0v) is 10.4. The molecule has 0 aliphatic heterocycles. The van der Waals surface area contributed by atoms with E-state index in [0.717, 1.165) is 10.2 Å². The molecule has 1 aromatic carbocycles. The van der Waals surface area contributed by atoms with Crippen molar-refractivity contribution in [2.75, 3.05) is 11.9 Å². The molecule has 0 atom stereocenters. The maximum atomic E-state index is 8.34. The van der Waals surface area contributed by atoms with Gasteiger partial charge in [-0.2, -0.15) is 5.26 Å². The van der Waals surface area contributed by atoms with Crippen LogP contribution in [0.15, 0.2) is 28.7 Å². The van der Waals surface area contributed by atoms with Crippen molar-refractivity contribution >= 4 is 38.9 Å². The number of thiocarbonyl (C=S) groups is 1. The van der Waals surface area contributed by atoms with Gasteiger partial charge in [0, 0.05) is 16.7 Å². The fourth-order valence-corrected chi connectivity index (χ4v) is 1.42. The molecule has 0 fully saturated rings. The lowest BCUT2D eigenvalue weighted by atomic mass is 10.3. The Morgan fingerprint density at radius 1 is 1.40 bits per heavy atom. The van der Waals surface area contributed by atoms with Crippen LogP contribution in [0.1, 0.15) is 6.42 Å². The summed E-state index contributed by atoms with van der Waals surface area (Å²) in [7, 11) is 0. The molecule has 0 saturated heterocycles. The van der Waals surface area contributed by atoms with Crippen LogP contribution >= 0.6 is 28.1 Å². The maximum Gasteiger partial charge on any atom is 0.170 e. The van der Waals surface area contributed by atoms with Crippen LogP contribution in [0, 0.1) is 11.3 Å². The smallest absolute Gasteiger partial charge is 0.170 e. The van der Waals surface area contributed by atoms with Gasteiger partial charge in [0.1, 0.15) is 0 Å². The van der Waals surface area contributed by atoms with E-state index in [1.54, 1.807) is 0 Å². The van der Waals surface area contributed by atoms with Crippen LogP contribution in [0.3, 0.4) is 0 Å². The zero-order valence-electron chi connectivity index (χ0n) is 7.96. The molecule has 0 aliphatic carbocycles. The van der Waals surface area contributed by atoms with E-state index >= 15 is 0 Å². The molecule has 0 aromatic heterocycles. The second-order valence-electron chi connectivity index (χ2n) is 2.80. The first kappa shape index (κ1) is 12.0. The SMILES string of the molecule is N#CCCNC(=S)Nc1ccc(Br)cc1. The van der Waals surface area contributed by atoms with Crippen LogP contribution in [-0.4, -0.2) is 11.7 Å². The summed E-state index contributed by atoms with van der Waals surface area (Å²) < 4.78 is 1.02. The topological polar surface area (TPSA) is 47.9 Å². The van der Waals surface area contributed by atoms with Gasteiger partial charge in [0.05, 0.1) is 12.5 Å². The normalized spacial score (nSPS) is 9.07. The second-order valence-corrected chi connectivity index (χ2v) is 4.12. The molecule has 1 rings (SSSR count). The van der Waals surface area contributed by atoms with Crippen LogP contribution in [0.4, 0.5) is 5.69 Å². The van der Waals surface area contributed by atoms with Gasteiger partial charge in [-0.15, -0.1) is 0 Å². The van der Waals surface area contributed by atoms with Crippen molar-refractivity contribution in [2.45, 2.75) is 6.42 Å². The Labute approximate surface area is 103 Å². The molecule has 0 spiro atoms. The summed E-state index contributed by atoms with van der Waals surface area (Å²) in [6, 6.07) is 9.74. The number of nitriles is 1. The molecule has 1 aromatic rings. The lowest BCUT2D eigenvalue weighted by Gasteiger charge is -2.08. The largest absolute Gasteiger partial charge is 0.361 e. The summed E-state index contributed by atoms with van der Waals surface area (Å²) in [5.74, 6) is 0. The van der Waals surface area contributed by atoms with Crippen LogP contribution in [0.25, 0.3) is 0 Å². The van der Waals surface area contributed by atoms with E-state index in [1.165, 1.54) is 0 Å². The summed E-state index contributed by atoms with van der Waals surface area (Å²) in [4.78, 5) is 0. The van der Waals surface area contributed by atoms with Gasteiger partial charge in [-0.05, 0) is 36.5 Å². The third-order valence-electron chi connectivity index (χ3n) is 1.62. The molecule has 0 aliphatic rings. The molecular weight excluding hydrogens is 274 g/mol. The molecule has 78 valence electrons. The van der Waals surface area contributed by atoms with Crippen LogP contribution in [-0.2, 0) is 0 Å². The number of hydrogen-bond donors (Lipinski definition) is 2. The highest BCUT2D eigenvalue weighted by atomic mass is 79.9. The predicted octanol–water partition coefficient (Wildman–Crippen LogP) is 2.65. The summed E-state index contributed by atoms with van der Waals surface area (Å²) in [6.07, 6.45) is 0.447. The third kappa shape index (κ3) is 4.77. The lowest BCUT2D eigenvalue weighted by molar-refractivity contribution is 0.905. The van der Waals surface area contributed by atoms with Crippen molar-refractivity contribution < 1.29 is 0 Å². The molecule has 5 heteroatoms. The Hall–Kier alpha value is -1.12. The van der Waals surface area contributed by atoms with E-state index < -0.39 is 0 Å². The van der Waals surface area contributed by atoms with Crippen LogP contribution in [0.5, 0.6) is 0 Å². The van der Waals surface area contributed by atoms with Crippen molar-refractivity contribution in [3.8, 4) is 6.07 Å². The average Bonchev–Trinajstić information content (AvgIpc) is 2.22. The highest BCUT2D eigenvalue weighted by molar-refractivity contribution is 9.10. The van der Waals surface area contributed by atoms with E-state index in [1.807, 2.05) is 30.3 Å². The van der Waals surface area contributed by atoms with E-state index in [0.29, 0.717) is 18.1 Å². The van der Waals surface area contributed by atoms with Crippen molar-refractivity contribution in [2.24, 2.45) is 0 Å². The molecular formula is C10H10BrN3S.